The van der Waals surface area contributed by atoms with Gasteiger partial charge in [-0.2, -0.15) is 0 Å². The van der Waals surface area contributed by atoms with Crippen LogP contribution in [0, 0.1) is 0 Å². The summed E-state index contributed by atoms with van der Waals surface area (Å²) >= 11 is 0. The Morgan fingerprint density at radius 2 is 1.72 bits per heavy atom. The van der Waals surface area contributed by atoms with Gasteiger partial charge in [-0.3, -0.25) is 4.90 Å². The molecule has 0 saturated carbocycles. The van der Waals surface area contributed by atoms with Crippen LogP contribution in [-0.4, -0.2) is 61.5 Å². The van der Waals surface area contributed by atoms with Crippen LogP contribution < -0.4 is 10.2 Å². The third-order valence-corrected chi connectivity index (χ3v) is 10.8. The minimum Gasteiger partial charge on any atom is -0.476 e. The average molecular weight is 583 g/mol. The zero-order valence-corrected chi connectivity index (χ0v) is 27.0. The van der Waals surface area contributed by atoms with E-state index >= 15 is 0 Å². The van der Waals surface area contributed by atoms with E-state index in [0.29, 0.717) is 0 Å². The molecule has 0 spiro atoms. The van der Waals surface area contributed by atoms with Gasteiger partial charge in [0.25, 0.3) is 0 Å². The minimum absolute atomic E-state index is 0.263. The van der Waals surface area contributed by atoms with Gasteiger partial charge >= 0.3 is 0 Å². The Morgan fingerprint density at radius 1 is 0.977 bits per heavy atom. The number of aryl methyl sites for hydroxylation is 1. The van der Waals surface area contributed by atoms with Gasteiger partial charge in [0.2, 0.25) is 5.88 Å². The molecule has 2 aromatic rings. The molecular formula is C38H54N4O. The fourth-order valence-electron chi connectivity index (χ4n) is 8.37. The highest BCUT2D eigenvalue weighted by atomic mass is 16.5. The lowest BCUT2D eigenvalue weighted by Gasteiger charge is -2.32. The lowest BCUT2D eigenvalue weighted by molar-refractivity contribution is 0.0720. The number of rotatable bonds is 8. The molecule has 4 saturated heterocycles. The molecule has 5 nitrogen and oxygen atoms in total. The molecule has 0 aliphatic carbocycles. The highest BCUT2D eigenvalue weighted by molar-refractivity contribution is 5.97. The topological polar surface area (TPSA) is 40.1 Å². The van der Waals surface area contributed by atoms with Gasteiger partial charge in [-0.15, -0.1) is 0 Å². The molecule has 0 amide bonds. The number of ether oxygens (including phenoxy) is 1. The molecule has 0 radical (unpaired) electrons. The molecule has 43 heavy (non-hydrogen) atoms. The summed E-state index contributed by atoms with van der Waals surface area (Å²) in [6, 6.07) is 15.2. The number of hydrogen-bond donors (Lipinski definition) is 1. The largest absolute Gasteiger partial charge is 0.476 e. The number of allylic oxidation sites excluding steroid dienone is 1. The van der Waals surface area contributed by atoms with Crippen molar-refractivity contribution in [2.75, 3.05) is 37.7 Å². The van der Waals surface area contributed by atoms with E-state index in [2.05, 4.69) is 84.6 Å². The monoisotopic (exact) mass is 582 g/mol. The second-order valence-electron chi connectivity index (χ2n) is 13.6. The van der Waals surface area contributed by atoms with Crippen molar-refractivity contribution >= 4 is 22.7 Å². The molecule has 2 aromatic carbocycles. The smallest absolute Gasteiger partial charge is 0.209 e. The Balaban J connectivity index is 0.000000352. The predicted octanol–water partition coefficient (Wildman–Crippen LogP) is 8.19. The molecular weight excluding hydrogens is 528 g/mol. The minimum atomic E-state index is 0.263. The van der Waals surface area contributed by atoms with Gasteiger partial charge in [0.05, 0.1) is 5.54 Å². The Bertz CT molecular complexity index is 1310. The number of benzene rings is 2. The number of hydrogen-bond acceptors (Lipinski definition) is 5. The van der Waals surface area contributed by atoms with E-state index in [1.165, 1.54) is 104 Å². The van der Waals surface area contributed by atoms with Gasteiger partial charge in [-0.05, 0) is 125 Å². The quantitative estimate of drug-likeness (QED) is 0.252. The van der Waals surface area contributed by atoms with Crippen molar-refractivity contribution in [3.05, 3.63) is 65.1 Å². The van der Waals surface area contributed by atoms with E-state index in [9.17, 15) is 0 Å². The predicted molar refractivity (Wildman–Crippen MR) is 182 cm³/mol. The fourth-order valence-corrected chi connectivity index (χ4v) is 8.37. The van der Waals surface area contributed by atoms with Crippen LogP contribution in [0.15, 0.2) is 64.5 Å². The molecule has 5 aliphatic heterocycles. The SMILES string of the molecule is C1CC2CCC(C1)N2.CC/C=C(/N=C\C1=C(C)CN(c2cccc3cccc(CC)c23)CC1)OCC12CCCN1CCC2. The van der Waals surface area contributed by atoms with Crippen LogP contribution in [0.5, 0.6) is 0 Å². The van der Waals surface area contributed by atoms with E-state index in [4.69, 9.17) is 9.73 Å². The van der Waals surface area contributed by atoms with Gasteiger partial charge in [0, 0.05) is 42.5 Å². The number of piperidine rings is 1. The summed E-state index contributed by atoms with van der Waals surface area (Å²) in [4.78, 5) is 10.0. The van der Waals surface area contributed by atoms with Crippen molar-refractivity contribution in [2.24, 2.45) is 4.99 Å². The summed E-state index contributed by atoms with van der Waals surface area (Å²) in [6.45, 7) is 11.9. The van der Waals surface area contributed by atoms with Crippen LogP contribution in [0.3, 0.4) is 0 Å². The first-order valence-corrected chi connectivity index (χ1v) is 17.4. The standard InChI is InChI=1S/C31H41N3O.C7H13N/c1-4-10-29(35-23-31-16-8-18-34(31)19-9-17-31)32-21-27-15-20-33(22-24(27)3)28-14-7-13-26-12-6-11-25(5-2)30(26)28;1-2-6-4-5-7(3-1)8-6/h6-7,10-14,21H,4-5,8-9,15-20,22-23H2,1-3H3;6-8H,1-5H2/b29-10-,32-21-;. The lowest BCUT2D eigenvalue weighted by Crippen LogP contribution is -2.42. The molecule has 2 atom stereocenters. The van der Waals surface area contributed by atoms with Crippen LogP contribution >= 0.6 is 0 Å². The van der Waals surface area contributed by atoms with Crippen LogP contribution in [0.2, 0.25) is 0 Å². The number of nitrogens with zero attached hydrogens (tertiary/aromatic N) is 3. The maximum atomic E-state index is 6.35. The van der Waals surface area contributed by atoms with Gasteiger partial charge in [0.1, 0.15) is 6.61 Å². The fraction of sp³-hybridized carbons (Fsp3) is 0.605. The molecule has 0 aromatic heterocycles. The lowest BCUT2D eigenvalue weighted by atomic mass is 9.95. The second-order valence-corrected chi connectivity index (χ2v) is 13.6. The third kappa shape index (κ3) is 6.88. The molecule has 5 aliphatic rings. The molecule has 7 rings (SSSR count). The zero-order valence-electron chi connectivity index (χ0n) is 27.0. The first-order valence-electron chi connectivity index (χ1n) is 17.4. The molecule has 2 unspecified atom stereocenters. The van der Waals surface area contributed by atoms with Crippen molar-refractivity contribution in [3.63, 3.8) is 0 Å². The molecule has 4 fully saturated rings. The first kappa shape index (κ1) is 30.4. The number of nitrogens with one attached hydrogen (secondary N) is 1. The summed E-state index contributed by atoms with van der Waals surface area (Å²) < 4.78 is 6.35. The van der Waals surface area contributed by atoms with E-state index in [1.54, 1.807) is 0 Å². The van der Waals surface area contributed by atoms with Crippen molar-refractivity contribution in [1.29, 1.82) is 0 Å². The third-order valence-electron chi connectivity index (χ3n) is 10.8. The Kier molecular flexibility index (Phi) is 9.89. The highest BCUT2D eigenvalue weighted by Gasteiger charge is 2.44. The van der Waals surface area contributed by atoms with E-state index in [0.717, 1.165) is 56.9 Å². The van der Waals surface area contributed by atoms with Crippen LogP contribution in [0.4, 0.5) is 5.69 Å². The first-order chi connectivity index (χ1) is 21.1. The molecule has 2 bridgehead atoms. The molecule has 232 valence electrons. The average Bonchev–Trinajstić information content (AvgIpc) is 3.72. The number of aliphatic imine (C=N–C) groups is 1. The maximum Gasteiger partial charge on any atom is 0.209 e. The number of fused-ring (bicyclic) bond motifs is 4. The van der Waals surface area contributed by atoms with Crippen LogP contribution in [0.25, 0.3) is 10.8 Å². The summed E-state index contributed by atoms with van der Waals surface area (Å²) in [6.07, 6.45) is 19.6. The van der Waals surface area contributed by atoms with Crippen LogP contribution in [0.1, 0.15) is 97.0 Å². The molecule has 5 heterocycles. The van der Waals surface area contributed by atoms with Gasteiger partial charge in [-0.1, -0.05) is 50.6 Å². The Hall–Kier alpha value is -2.63. The summed E-state index contributed by atoms with van der Waals surface area (Å²) in [5, 5.41) is 6.34. The number of anilines is 1. The van der Waals surface area contributed by atoms with Crippen LogP contribution in [-0.2, 0) is 11.2 Å². The summed E-state index contributed by atoms with van der Waals surface area (Å²) in [5.41, 5.74) is 5.81. The highest BCUT2D eigenvalue weighted by Crippen LogP contribution is 2.39. The Morgan fingerprint density at radius 3 is 2.40 bits per heavy atom. The van der Waals surface area contributed by atoms with Crippen molar-refractivity contribution in [1.82, 2.24) is 10.2 Å². The zero-order chi connectivity index (χ0) is 29.6. The summed E-state index contributed by atoms with van der Waals surface area (Å²) in [7, 11) is 0. The van der Waals surface area contributed by atoms with Crippen molar-refractivity contribution in [3.8, 4) is 0 Å². The maximum absolute atomic E-state index is 6.35. The van der Waals surface area contributed by atoms with Gasteiger partial charge < -0.3 is 15.0 Å². The van der Waals surface area contributed by atoms with E-state index in [-0.39, 0.29) is 5.54 Å². The molecule has 5 heteroatoms. The van der Waals surface area contributed by atoms with Crippen molar-refractivity contribution < 1.29 is 4.74 Å². The molecule has 1 N–H and O–H groups in total. The summed E-state index contributed by atoms with van der Waals surface area (Å²) in [5.74, 6) is 0.796. The second kappa shape index (κ2) is 14.0. The Labute approximate surface area is 260 Å². The van der Waals surface area contributed by atoms with E-state index in [1.807, 2.05) is 0 Å². The normalized spacial score (nSPS) is 25.4. The van der Waals surface area contributed by atoms with Crippen molar-refractivity contribution in [2.45, 2.75) is 115 Å². The van der Waals surface area contributed by atoms with Gasteiger partial charge in [-0.25, -0.2) is 4.99 Å². The van der Waals surface area contributed by atoms with Gasteiger partial charge in [0.15, 0.2) is 0 Å². The van der Waals surface area contributed by atoms with E-state index < -0.39 is 0 Å².